The van der Waals surface area contributed by atoms with Crippen molar-refractivity contribution >= 4 is 5.82 Å². The standard InChI is InChI=1S/C13H22N4/c1-4-17(12-5-6-12)13-9-14-7-11(16-13)8-15-10(2)3/h7,9-10,12,15H,4-6,8H2,1-3H3. The van der Waals surface area contributed by atoms with Gasteiger partial charge < -0.3 is 10.2 Å². The van der Waals surface area contributed by atoms with Crippen LogP contribution in [0.1, 0.15) is 39.3 Å². The first-order valence-corrected chi connectivity index (χ1v) is 6.51. The average molecular weight is 234 g/mol. The van der Waals surface area contributed by atoms with Gasteiger partial charge in [0.15, 0.2) is 0 Å². The van der Waals surface area contributed by atoms with Crippen LogP contribution in [-0.4, -0.2) is 28.6 Å². The lowest BCUT2D eigenvalue weighted by molar-refractivity contribution is 0.579. The maximum atomic E-state index is 4.68. The monoisotopic (exact) mass is 234 g/mol. The lowest BCUT2D eigenvalue weighted by atomic mass is 10.3. The van der Waals surface area contributed by atoms with Crippen LogP contribution in [0.5, 0.6) is 0 Å². The first-order valence-electron chi connectivity index (χ1n) is 6.51. The summed E-state index contributed by atoms with van der Waals surface area (Å²) in [5.74, 6) is 1.03. The Morgan fingerprint density at radius 2 is 2.18 bits per heavy atom. The van der Waals surface area contributed by atoms with Crippen LogP contribution in [0.3, 0.4) is 0 Å². The van der Waals surface area contributed by atoms with Crippen LogP contribution in [0, 0.1) is 0 Å². The van der Waals surface area contributed by atoms with Gasteiger partial charge in [-0.1, -0.05) is 13.8 Å². The molecule has 1 aromatic heterocycles. The molecule has 17 heavy (non-hydrogen) atoms. The molecule has 0 spiro atoms. The molecule has 0 saturated heterocycles. The summed E-state index contributed by atoms with van der Waals surface area (Å²) in [6.45, 7) is 8.26. The van der Waals surface area contributed by atoms with Crippen LogP contribution in [0.2, 0.25) is 0 Å². The lowest BCUT2D eigenvalue weighted by Gasteiger charge is -2.21. The largest absolute Gasteiger partial charge is 0.353 e. The fourth-order valence-corrected chi connectivity index (χ4v) is 1.92. The van der Waals surface area contributed by atoms with Gasteiger partial charge in [-0.2, -0.15) is 0 Å². The molecule has 4 nitrogen and oxygen atoms in total. The molecule has 94 valence electrons. The molecule has 2 rings (SSSR count). The predicted molar refractivity (Wildman–Crippen MR) is 70.0 cm³/mol. The number of anilines is 1. The molecule has 4 heteroatoms. The zero-order valence-corrected chi connectivity index (χ0v) is 11.0. The number of hydrogen-bond acceptors (Lipinski definition) is 4. The van der Waals surface area contributed by atoms with E-state index in [-0.39, 0.29) is 0 Å². The minimum Gasteiger partial charge on any atom is -0.353 e. The zero-order chi connectivity index (χ0) is 12.3. The highest BCUT2D eigenvalue weighted by atomic mass is 15.2. The molecule has 0 amide bonds. The van der Waals surface area contributed by atoms with Crippen molar-refractivity contribution in [2.24, 2.45) is 0 Å². The Hall–Kier alpha value is -1.16. The Kier molecular flexibility index (Phi) is 3.94. The normalized spacial score (nSPS) is 15.3. The quantitative estimate of drug-likeness (QED) is 0.817. The van der Waals surface area contributed by atoms with Gasteiger partial charge in [-0.05, 0) is 19.8 Å². The van der Waals surface area contributed by atoms with Gasteiger partial charge in [0.25, 0.3) is 0 Å². The second kappa shape index (κ2) is 5.45. The molecule has 1 fully saturated rings. The Morgan fingerprint density at radius 3 is 2.76 bits per heavy atom. The number of hydrogen-bond donors (Lipinski definition) is 1. The van der Waals surface area contributed by atoms with Gasteiger partial charge in [0.2, 0.25) is 0 Å². The van der Waals surface area contributed by atoms with Gasteiger partial charge in [0.05, 0.1) is 11.9 Å². The van der Waals surface area contributed by atoms with Crippen molar-refractivity contribution in [2.75, 3.05) is 11.4 Å². The van der Waals surface area contributed by atoms with Crippen molar-refractivity contribution in [2.45, 2.75) is 52.2 Å². The summed E-state index contributed by atoms with van der Waals surface area (Å²) in [5.41, 5.74) is 1.02. The van der Waals surface area contributed by atoms with Gasteiger partial charge in [0.1, 0.15) is 5.82 Å². The SMILES string of the molecule is CCN(c1cncc(CNC(C)C)n1)C1CC1. The molecule has 0 aromatic carbocycles. The average Bonchev–Trinajstić information content (AvgIpc) is 3.12. The molecule has 0 unspecified atom stereocenters. The van der Waals surface area contributed by atoms with E-state index in [9.17, 15) is 0 Å². The molecule has 1 heterocycles. The molecule has 1 aliphatic rings. The van der Waals surface area contributed by atoms with Gasteiger partial charge >= 0.3 is 0 Å². The summed E-state index contributed by atoms with van der Waals surface area (Å²) in [6, 6.07) is 1.17. The Bertz CT molecular complexity index is 360. The third-order valence-corrected chi connectivity index (χ3v) is 2.99. The summed E-state index contributed by atoms with van der Waals surface area (Å²) in [7, 11) is 0. The smallest absolute Gasteiger partial charge is 0.147 e. The van der Waals surface area contributed by atoms with Crippen molar-refractivity contribution < 1.29 is 0 Å². The molecular formula is C13H22N4. The first kappa shape index (κ1) is 12.3. The molecule has 0 radical (unpaired) electrons. The van der Waals surface area contributed by atoms with Crippen LogP contribution in [-0.2, 0) is 6.54 Å². The van der Waals surface area contributed by atoms with Crippen LogP contribution >= 0.6 is 0 Å². The highest BCUT2D eigenvalue weighted by molar-refractivity contribution is 5.39. The molecule has 1 aromatic rings. The van der Waals surface area contributed by atoms with Crippen LogP contribution in [0.4, 0.5) is 5.82 Å². The molecular weight excluding hydrogens is 212 g/mol. The van der Waals surface area contributed by atoms with Crippen molar-refractivity contribution in [1.82, 2.24) is 15.3 Å². The summed E-state index contributed by atoms with van der Waals surface area (Å²) >= 11 is 0. The van der Waals surface area contributed by atoms with Crippen molar-refractivity contribution in [1.29, 1.82) is 0 Å². The minimum atomic E-state index is 0.478. The molecule has 1 aliphatic carbocycles. The summed E-state index contributed by atoms with van der Waals surface area (Å²) in [4.78, 5) is 11.3. The maximum absolute atomic E-state index is 4.68. The fourth-order valence-electron chi connectivity index (χ4n) is 1.92. The molecule has 0 aliphatic heterocycles. The zero-order valence-electron chi connectivity index (χ0n) is 11.0. The third-order valence-electron chi connectivity index (χ3n) is 2.99. The minimum absolute atomic E-state index is 0.478. The molecule has 1 saturated carbocycles. The van der Waals surface area contributed by atoms with E-state index < -0.39 is 0 Å². The van der Waals surface area contributed by atoms with E-state index in [2.05, 4.69) is 41.0 Å². The van der Waals surface area contributed by atoms with E-state index in [1.807, 2.05) is 12.4 Å². The summed E-state index contributed by atoms with van der Waals surface area (Å²) in [5, 5.41) is 3.37. The van der Waals surface area contributed by atoms with Gasteiger partial charge in [0, 0.05) is 31.4 Å². The van der Waals surface area contributed by atoms with Crippen LogP contribution in [0.25, 0.3) is 0 Å². The second-order valence-electron chi connectivity index (χ2n) is 4.92. The highest BCUT2D eigenvalue weighted by Crippen LogP contribution is 2.29. The van der Waals surface area contributed by atoms with E-state index in [0.29, 0.717) is 12.1 Å². The second-order valence-corrected chi connectivity index (χ2v) is 4.92. The summed E-state index contributed by atoms with van der Waals surface area (Å²) < 4.78 is 0. The van der Waals surface area contributed by atoms with E-state index in [4.69, 9.17) is 0 Å². The number of nitrogens with one attached hydrogen (secondary N) is 1. The maximum Gasteiger partial charge on any atom is 0.147 e. The van der Waals surface area contributed by atoms with Gasteiger partial charge in [-0.15, -0.1) is 0 Å². The van der Waals surface area contributed by atoms with E-state index >= 15 is 0 Å². The van der Waals surface area contributed by atoms with E-state index in [0.717, 1.165) is 24.6 Å². The van der Waals surface area contributed by atoms with Crippen molar-refractivity contribution in [3.63, 3.8) is 0 Å². The van der Waals surface area contributed by atoms with Crippen molar-refractivity contribution in [3.05, 3.63) is 18.1 Å². The van der Waals surface area contributed by atoms with Crippen molar-refractivity contribution in [3.8, 4) is 0 Å². The Labute approximate surface area is 103 Å². The molecule has 0 atom stereocenters. The van der Waals surface area contributed by atoms with Gasteiger partial charge in [-0.3, -0.25) is 4.98 Å². The Morgan fingerprint density at radius 1 is 1.41 bits per heavy atom. The van der Waals surface area contributed by atoms with Crippen LogP contribution in [0.15, 0.2) is 12.4 Å². The predicted octanol–water partition coefficient (Wildman–Crippen LogP) is 1.96. The molecule has 0 bridgehead atoms. The fraction of sp³-hybridized carbons (Fsp3) is 0.692. The number of aromatic nitrogens is 2. The first-order chi connectivity index (χ1) is 8.20. The highest BCUT2D eigenvalue weighted by Gasteiger charge is 2.29. The topological polar surface area (TPSA) is 41.1 Å². The Balaban J connectivity index is 2.04. The van der Waals surface area contributed by atoms with E-state index in [1.54, 1.807) is 0 Å². The lowest BCUT2D eigenvalue weighted by Crippen LogP contribution is -2.27. The van der Waals surface area contributed by atoms with Crippen LogP contribution < -0.4 is 10.2 Å². The van der Waals surface area contributed by atoms with Gasteiger partial charge in [-0.25, -0.2) is 4.98 Å². The van der Waals surface area contributed by atoms with E-state index in [1.165, 1.54) is 12.8 Å². The summed E-state index contributed by atoms with van der Waals surface area (Å²) in [6.07, 6.45) is 6.31. The molecule has 1 N–H and O–H groups in total. The number of nitrogens with zero attached hydrogens (tertiary/aromatic N) is 3. The number of rotatable bonds is 6. The third kappa shape index (κ3) is 3.40.